The number of azo groups is 1. The number of fused-ring (bicyclic) bond motifs is 1. The van der Waals surface area contributed by atoms with E-state index in [1.165, 1.54) is 19.1 Å². The number of aromatic nitrogens is 2. The van der Waals surface area contributed by atoms with Gasteiger partial charge in [-0.2, -0.15) is 10.2 Å². The standard InChI is InChI=1S/C16H12N8O7/c1-4-2-6-7(18-13(29)17-6)3-5(4)16(11(27)21-15(31)22-12(16)28)24-23-8-9(25)19-14(30)20-10(8)26/h2-3,8H,1H3,(H2,17,18,29)(H2,19,20,25,26,30)(H2,21,22,27,28,31). The maximum atomic E-state index is 12.8. The Kier molecular flexibility index (Phi) is 4.23. The smallest absolute Gasteiger partial charge is 0.306 e. The van der Waals surface area contributed by atoms with Crippen molar-refractivity contribution >= 4 is 46.7 Å². The molecule has 1 aromatic carbocycles. The van der Waals surface area contributed by atoms with Crippen molar-refractivity contribution in [3.05, 3.63) is 33.7 Å². The van der Waals surface area contributed by atoms with Gasteiger partial charge < -0.3 is 9.97 Å². The van der Waals surface area contributed by atoms with Crippen molar-refractivity contribution < 1.29 is 28.8 Å². The molecule has 2 saturated heterocycles. The summed E-state index contributed by atoms with van der Waals surface area (Å²) in [4.78, 5) is 88.9. The highest BCUT2D eigenvalue weighted by Gasteiger charge is 2.54. The third-order valence-corrected chi connectivity index (χ3v) is 4.66. The van der Waals surface area contributed by atoms with E-state index in [0.29, 0.717) is 11.1 Å². The Morgan fingerprint density at radius 3 is 1.87 bits per heavy atom. The highest BCUT2D eigenvalue weighted by molar-refractivity contribution is 6.23. The molecule has 6 N–H and O–H groups in total. The second kappa shape index (κ2) is 6.68. The molecule has 1 aromatic heterocycles. The molecule has 31 heavy (non-hydrogen) atoms. The minimum Gasteiger partial charge on any atom is -0.306 e. The van der Waals surface area contributed by atoms with Gasteiger partial charge in [0.25, 0.3) is 29.2 Å². The summed E-state index contributed by atoms with van der Waals surface area (Å²) in [6.07, 6.45) is 0. The first-order valence-corrected chi connectivity index (χ1v) is 8.59. The number of imide groups is 4. The summed E-state index contributed by atoms with van der Waals surface area (Å²) in [6, 6.07) is -1.30. The molecule has 15 heteroatoms. The largest absolute Gasteiger partial charge is 0.328 e. The Bertz CT molecular complexity index is 1260. The summed E-state index contributed by atoms with van der Waals surface area (Å²) in [5, 5.41) is 14.7. The summed E-state index contributed by atoms with van der Waals surface area (Å²) >= 11 is 0. The fourth-order valence-corrected chi connectivity index (χ4v) is 3.25. The lowest BCUT2D eigenvalue weighted by Gasteiger charge is -2.31. The third-order valence-electron chi connectivity index (χ3n) is 4.66. The molecular weight excluding hydrogens is 416 g/mol. The summed E-state index contributed by atoms with van der Waals surface area (Å²) in [6.45, 7) is 1.51. The van der Waals surface area contributed by atoms with Gasteiger partial charge in [-0.05, 0) is 24.6 Å². The van der Waals surface area contributed by atoms with Crippen LogP contribution in [0.2, 0.25) is 0 Å². The number of rotatable bonds is 3. The van der Waals surface area contributed by atoms with Crippen molar-refractivity contribution in [1.29, 1.82) is 0 Å². The number of carbonyl (C=O) groups is 6. The van der Waals surface area contributed by atoms with Gasteiger partial charge in [0, 0.05) is 5.56 Å². The number of barbiturate groups is 2. The number of nitrogens with one attached hydrogen (secondary N) is 6. The van der Waals surface area contributed by atoms with Crippen molar-refractivity contribution in [2.24, 2.45) is 10.2 Å². The number of imidazole rings is 1. The SMILES string of the molecule is Cc1cc2[nH]c(=O)[nH]c2cc1C1(N=NC2C(=O)NC(=O)NC2=O)C(=O)NC(=O)NC1=O. The van der Waals surface area contributed by atoms with E-state index in [-0.39, 0.29) is 11.1 Å². The molecule has 15 nitrogen and oxygen atoms in total. The molecule has 0 radical (unpaired) electrons. The van der Waals surface area contributed by atoms with E-state index < -0.39 is 53.0 Å². The van der Waals surface area contributed by atoms with E-state index in [2.05, 4.69) is 20.2 Å². The third kappa shape index (κ3) is 3.04. The maximum Gasteiger partial charge on any atom is 0.328 e. The molecule has 2 aliphatic heterocycles. The normalized spacial score (nSPS) is 19.4. The fourth-order valence-electron chi connectivity index (χ4n) is 3.25. The van der Waals surface area contributed by atoms with Crippen LogP contribution in [0.4, 0.5) is 9.59 Å². The average molecular weight is 428 g/mol. The molecule has 0 unspecified atom stereocenters. The summed E-state index contributed by atoms with van der Waals surface area (Å²) in [7, 11) is 0. The number of hydrogen-bond acceptors (Lipinski definition) is 9. The minimum absolute atomic E-state index is 0.0748. The Morgan fingerprint density at radius 2 is 1.29 bits per heavy atom. The van der Waals surface area contributed by atoms with Crippen LogP contribution < -0.4 is 27.0 Å². The predicted octanol–water partition coefficient (Wildman–Crippen LogP) is -2.09. The molecule has 8 amide bonds. The quantitative estimate of drug-likeness (QED) is 0.236. The average Bonchev–Trinajstić information content (AvgIpc) is 3.01. The van der Waals surface area contributed by atoms with Crippen molar-refractivity contribution in [1.82, 2.24) is 31.2 Å². The van der Waals surface area contributed by atoms with Crippen LogP contribution >= 0.6 is 0 Å². The van der Waals surface area contributed by atoms with Gasteiger partial charge in [-0.15, -0.1) is 0 Å². The second-order valence-corrected chi connectivity index (χ2v) is 6.67. The summed E-state index contributed by atoms with van der Waals surface area (Å²) in [5.74, 6) is -4.64. The van der Waals surface area contributed by atoms with E-state index >= 15 is 0 Å². The van der Waals surface area contributed by atoms with Crippen LogP contribution in [0.3, 0.4) is 0 Å². The molecule has 0 bridgehead atoms. The molecule has 2 fully saturated rings. The number of nitrogens with zero attached hydrogens (tertiary/aromatic N) is 2. The number of urea groups is 2. The van der Waals surface area contributed by atoms with Crippen LogP contribution in [0.5, 0.6) is 0 Å². The van der Waals surface area contributed by atoms with Gasteiger partial charge in [0.05, 0.1) is 11.0 Å². The highest BCUT2D eigenvalue weighted by atomic mass is 16.2. The molecule has 2 aliphatic rings. The second-order valence-electron chi connectivity index (χ2n) is 6.67. The predicted molar refractivity (Wildman–Crippen MR) is 97.3 cm³/mol. The zero-order chi connectivity index (χ0) is 22.5. The number of aromatic amines is 2. The number of benzene rings is 1. The van der Waals surface area contributed by atoms with Gasteiger partial charge in [-0.1, -0.05) is 0 Å². The molecule has 158 valence electrons. The van der Waals surface area contributed by atoms with Gasteiger partial charge in [-0.25, -0.2) is 14.4 Å². The van der Waals surface area contributed by atoms with Crippen molar-refractivity contribution in [2.75, 3.05) is 0 Å². The van der Waals surface area contributed by atoms with Crippen LogP contribution in [-0.4, -0.2) is 51.7 Å². The zero-order valence-electron chi connectivity index (χ0n) is 15.5. The lowest BCUT2D eigenvalue weighted by Crippen LogP contribution is -2.64. The molecule has 4 rings (SSSR count). The Hall–Kier alpha value is -4.69. The van der Waals surface area contributed by atoms with E-state index in [0.717, 1.165) is 0 Å². The first-order valence-electron chi connectivity index (χ1n) is 8.59. The van der Waals surface area contributed by atoms with Crippen LogP contribution in [-0.2, 0) is 24.7 Å². The van der Waals surface area contributed by atoms with Crippen LogP contribution in [0.1, 0.15) is 11.1 Å². The topological polar surface area (TPSA) is 224 Å². The van der Waals surface area contributed by atoms with E-state index in [4.69, 9.17) is 0 Å². The molecule has 0 saturated carbocycles. The van der Waals surface area contributed by atoms with Crippen LogP contribution in [0.25, 0.3) is 11.0 Å². The minimum atomic E-state index is -2.51. The maximum absolute atomic E-state index is 12.8. The van der Waals surface area contributed by atoms with Gasteiger partial charge in [-0.3, -0.25) is 40.4 Å². The van der Waals surface area contributed by atoms with Crippen LogP contribution in [0.15, 0.2) is 27.2 Å². The Labute approximate surface area is 170 Å². The van der Waals surface area contributed by atoms with Gasteiger partial charge in [0.15, 0.2) is 0 Å². The van der Waals surface area contributed by atoms with E-state index in [1.807, 2.05) is 10.6 Å². The molecular formula is C16H12N8O7. The van der Waals surface area contributed by atoms with Crippen LogP contribution in [0, 0.1) is 6.92 Å². The highest BCUT2D eigenvalue weighted by Crippen LogP contribution is 2.34. The van der Waals surface area contributed by atoms with Crippen molar-refractivity contribution in [2.45, 2.75) is 18.5 Å². The number of aryl methyl sites for hydroxylation is 1. The van der Waals surface area contributed by atoms with E-state index in [1.54, 1.807) is 10.6 Å². The zero-order valence-corrected chi connectivity index (χ0v) is 15.5. The van der Waals surface area contributed by atoms with Crippen molar-refractivity contribution in [3.63, 3.8) is 0 Å². The molecule has 2 aromatic rings. The van der Waals surface area contributed by atoms with Crippen molar-refractivity contribution in [3.8, 4) is 0 Å². The molecule has 0 spiro atoms. The van der Waals surface area contributed by atoms with Gasteiger partial charge >= 0.3 is 17.8 Å². The molecule has 3 heterocycles. The van der Waals surface area contributed by atoms with Gasteiger partial charge in [0.1, 0.15) is 0 Å². The number of hydrogen-bond donors (Lipinski definition) is 6. The first-order chi connectivity index (χ1) is 14.6. The monoisotopic (exact) mass is 428 g/mol. The fraction of sp³-hybridized carbons (Fsp3) is 0.188. The Morgan fingerprint density at radius 1 is 0.774 bits per heavy atom. The number of amides is 8. The lowest BCUT2D eigenvalue weighted by atomic mass is 9.84. The lowest BCUT2D eigenvalue weighted by molar-refractivity contribution is -0.139. The molecule has 0 atom stereocenters. The molecule has 0 aliphatic carbocycles. The number of H-pyrrole nitrogens is 2. The summed E-state index contributed by atoms with van der Waals surface area (Å²) in [5.41, 5.74) is -2.24. The summed E-state index contributed by atoms with van der Waals surface area (Å²) < 4.78 is 0. The number of carbonyl (C=O) groups excluding carboxylic acids is 6. The first kappa shape index (κ1) is 19.6. The van der Waals surface area contributed by atoms with Gasteiger partial charge in [0.2, 0.25) is 6.04 Å². The van der Waals surface area contributed by atoms with E-state index in [9.17, 15) is 33.6 Å². The Balaban J connectivity index is 1.89.